The molecule has 0 aliphatic carbocycles. The normalized spacial score (nSPS) is 11.0. The van der Waals surface area contributed by atoms with Crippen LogP contribution in [-0.4, -0.2) is 15.7 Å². The molecule has 0 radical (unpaired) electrons. The van der Waals surface area contributed by atoms with Gasteiger partial charge in [0.25, 0.3) is 5.56 Å². The summed E-state index contributed by atoms with van der Waals surface area (Å²) in [5, 5.41) is 0.740. The van der Waals surface area contributed by atoms with Crippen molar-refractivity contribution >= 4 is 11.8 Å². The molecule has 4 heteroatoms. The number of nitrogens with zero attached hydrogens (tertiary/aromatic N) is 1. The van der Waals surface area contributed by atoms with Gasteiger partial charge in [0.2, 0.25) is 0 Å². The summed E-state index contributed by atoms with van der Waals surface area (Å²) in [4.78, 5) is 18.6. The van der Waals surface area contributed by atoms with Gasteiger partial charge in [-0.25, -0.2) is 4.98 Å². The van der Waals surface area contributed by atoms with Gasteiger partial charge in [0.05, 0.1) is 0 Å². The van der Waals surface area contributed by atoms with Crippen molar-refractivity contribution in [3.8, 4) is 0 Å². The van der Waals surface area contributed by atoms with Gasteiger partial charge in [-0.3, -0.25) is 4.79 Å². The summed E-state index contributed by atoms with van der Waals surface area (Å²) < 4.78 is 0. The van der Waals surface area contributed by atoms with Crippen LogP contribution in [0.25, 0.3) is 0 Å². The van der Waals surface area contributed by atoms with E-state index in [0.717, 1.165) is 23.0 Å². The first-order chi connectivity index (χ1) is 7.00. The highest BCUT2D eigenvalue weighted by molar-refractivity contribution is 7.99. The molecular formula is C11H18N2OS. The number of aromatic amines is 1. The van der Waals surface area contributed by atoms with Gasteiger partial charge in [0, 0.05) is 17.0 Å². The van der Waals surface area contributed by atoms with E-state index in [9.17, 15) is 4.79 Å². The van der Waals surface area contributed by atoms with Gasteiger partial charge in [-0.15, -0.1) is 0 Å². The van der Waals surface area contributed by atoms with Gasteiger partial charge in [-0.1, -0.05) is 25.6 Å². The van der Waals surface area contributed by atoms with Gasteiger partial charge in [0.15, 0.2) is 5.16 Å². The number of aromatic nitrogens is 2. The van der Waals surface area contributed by atoms with E-state index in [1.54, 1.807) is 18.7 Å². The van der Waals surface area contributed by atoms with E-state index in [0.29, 0.717) is 11.5 Å². The SMILES string of the molecule is Cc1nc(SCCC(C)C)[nH]c(=O)c1C. The average Bonchev–Trinajstić information content (AvgIpc) is 2.13. The molecule has 0 amide bonds. The van der Waals surface area contributed by atoms with Crippen LogP contribution in [0, 0.1) is 19.8 Å². The summed E-state index contributed by atoms with van der Waals surface area (Å²) in [6.07, 6.45) is 1.14. The number of hydrogen-bond acceptors (Lipinski definition) is 3. The molecule has 1 aromatic rings. The Balaban J connectivity index is 2.67. The number of hydrogen-bond donors (Lipinski definition) is 1. The quantitative estimate of drug-likeness (QED) is 0.634. The zero-order valence-corrected chi connectivity index (χ0v) is 10.6. The van der Waals surface area contributed by atoms with Crippen molar-refractivity contribution in [3.05, 3.63) is 21.6 Å². The Morgan fingerprint density at radius 3 is 2.60 bits per heavy atom. The topological polar surface area (TPSA) is 45.8 Å². The lowest BCUT2D eigenvalue weighted by atomic mass is 10.2. The van der Waals surface area contributed by atoms with Crippen molar-refractivity contribution in [1.29, 1.82) is 0 Å². The number of aryl methyl sites for hydroxylation is 1. The Morgan fingerprint density at radius 1 is 1.40 bits per heavy atom. The summed E-state index contributed by atoms with van der Waals surface area (Å²) in [6, 6.07) is 0. The summed E-state index contributed by atoms with van der Waals surface area (Å²) in [5.41, 5.74) is 1.52. The predicted octanol–water partition coefficient (Wildman–Crippen LogP) is 2.52. The van der Waals surface area contributed by atoms with Crippen molar-refractivity contribution in [2.45, 2.75) is 39.3 Å². The minimum Gasteiger partial charge on any atom is -0.301 e. The molecule has 1 aromatic heterocycles. The van der Waals surface area contributed by atoms with Crippen LogP contribution in [0.1, 0.15) is 31.5 Å². The molecule has 0 unspecified atom stereocenters. The molecule has 0 spiro atoms. The lowest BCUT2D eigenvalue weighted by Crippen LogP contribution is -2.14. The van der Waals surface area contributed by atoms with Crippen molar-refractivity contribution in [1.82, 2.24) is 9.97 Å². The van der Waals surface area contributed by atoms with Gasteiger partial charge in [0.1, 0.15) is 0 Å². The standard InChI is InChI=1S/C11H18N2OS/c1-7(2)5-6-15-11-12-9(4)8(3)10(14)13-11/h7H,5-6H2,1-4H3,(H,12,13,14). The Bertz CT molecular complexity index is 385. The molecule has 0 aromatic carbocycles. The maximum Gasteiger partial charge on any atom is 0.254 e. The molecule has 84 valence electrons. The third-order valence-electron chi connectivity index (χ3n) is 2.31. The van der Waals surface area contributed by atoms with E-state index in [4.69, 9.17) is 0 Å². The predicted molar refractivity (Wildman–Crippen MR) is 64.5 cm³/mol. The van der Waals surface area contributed by atoms with Crippen LogP contribution in [0.3, 0.4) is 0 Å². The van der Waals surface area contributed by atoms with Crippen LogP contribution >= 0.6 is 11.8 Å². The fraction of sp³-hybridized carbons (Fsp3) is 0.636. The number of H-pyrrole nitrogens is 1. The molecule has 0 atom stereocenters. The summed E-state index contributed by atoms with van der Waals surface area (Å²) in [6.45, 7) is 8.05. The second-order valence-corrected chi connectivity index (χ2v) is 5.20. The first-order valence-electron chi connectivity index (χ1n) is 5.21. The van der Waals surface area contributed by atoms with Crippen LogP contribution < -0.4 is 5.56 Å². The van der Waals surface area contributed by atoms with Crippen LogP contribution in [0.4, 0.5) is 0 Å². The fourth-order valence-corrected chi connectivity index (χ4v) is 2.23. The first-order valence-corrected chi connectivity index (χ1v) is 6.19. The van der Waals surface area contributed by atoms with E-state index < -0.39 is 0 Å². The molecular weight excluding hydrogens is 208 g/mol. The molecule has 0 saturated heterocycles. The smallest absolute Gasteiger partial charge is 0.254 e. The minimum absolute atomic E-state index is 0.0189. The van der Waals surface area contributed by atoms with Gasteiger partial charge < -0.3 is 4.98 Å². The van der Waals surface area contributed by atoms with Crippen molar-refractivity contribution in [2.75, 3.05) is 5.75 Å². The zero-order valence-electron chi connectivity index (χ0n) is 9.76. The molecule has 0 saturated carbocycles. The lowest BCUT2D eigenvalue weighted by molar-refractivity contribution is 0.631. The third-order valence-corrected chi connectivity index (χ3v) is 3.21. The summed E-state index contributed by atoms with van der Waals surface area (Å²) in [7, 11) is 0. The van der Waals surface area contributed by atoms with Gasteiger partial charge >= 0.3 is 0 Å². The zero-order chi connectivity index (χ0) is 11.4. The Hall–Kier alpha value is -0.770. The second-order valence-electron chi connectivity index (χ2n) is 4.11. The van der Waals surface area contributed by atoms with Gasteiger partial charge in [-0.05, 0) is 26.2 Å². The van der Waals surface area contributed by atoms with Crippen molar-refractivity contribution in [2.24, 2.45) is 5.92 Å². The van der Waals surface area contributed by atoms with Crippen LogP contribution in [-0.2, 0) is 0 Å². The van der Waals surface area contributed by atoms with Crippen molar-refractivity contribution < 1.29 is 0 Å². The minimum atomic E-state index is -0.0189. The van der Waals surface area contributed by atoms with Crippen LogP contribution in [0.2, 0.25) is 0 Å². The molecule has 0 bridgehead atoms. The molecule has 0 fully saturated rings. The second kappa shape index (κ2) is 5.35. The monoisotopic (exact) mass is 226 g/mol. The lowest BCUT2D eigenvalue weighted by Gasteiger charge is -2.05. The fourth-order valence-electron chi connectivity index (χ4n) is 1.08. The Morgan fingerprint density at radius 2 is 2.07 bits per heavy atom. The van der Waals surface area contributed by atoms with Crippen molar-refractivity contribution in [3.63, 3.8) is 0 Å². The molecule has 0 aliphatic rings. The maximum atomic E-state index is 11.4. The third kappa shape index (κ3) is 3.70. The maximum absolute atomic E-state index is 11.4. The van der Waals surface area contributed by atoms with Crippen LogP contribution in [0.5, 0.6) is 0 Å². The highest BCUT2D eigenvalue weighted by atomic mass is 32.2. The first kappa shape index (κ1) is 12.3. The highest BCUT2D eigenvalue weighted by Crippen LogP contribution is 2.15. The number of rotatable bonds is 4. The highest BCUT2D eigenvalue weighted by Gasteiger charge is 2.04. The van der Waals surface area contributed by atoms with E-state index in [1.165, 1.54) is 0 Å². The Kier molecular flexibility index (Phi) is 4.39. The molecule has 1 heterocycles. The van der Waals surface area contributed by atoms with Crippen LogP contribution in [0.15, 0.2) is 9.95 Å². The number of thioether (sulfide) groups is 1. The van der Waals surface area contributed by atoms with E-state index in [1.807, 2.05) is 6.92 Å². The summed E-state index contributed by atoms with van der Waals surface area (Å²) >= 11 is 1.62. The molecule has 1 rings (SSSR count). The molecule has 3 nitrogen and oxygen atoms in total. The van der Waals surface area contributed by atoms with Gasteiger partial charge in [-0.2, -0.15) is 0 Å². The van der Waals surface area contributed by atoms with E-state index in [2.05, 4.69) is 23.8 Å². The summed E-state index contributed by atoms with van der Waals surface area (Å²) in [5.74, 6) is 1.69. The largest absolute Gasteiger partial charge is 0.301 e. The molecule has 1 N–H and O–H groups in total. The molecule has 0 aliphatic heterocycles. The Labute approximate surface area is 94.7 Å². The average molecular weight is 226 g/mol. The van der Waals surface area contributed by atoms with E-state index >= 15 is 0 Å². The van der Waals surface area contributed by atoms with E-state index in [-0.39, 0.29) is 5.56 Å². The molecule has 15 heavy (non-hydrogen) atoms. The number of nitrogens with one attached hydrogen (secondary N) is 1.